The molecule has 6 heteroatoms. The molecule has 0 radical (unpaired) electrons. The highest BCUT2D eigenvalue weighted by Gasteiger charge is 2.33. The van der Waals surface area contributed by atoms with Crippen molar-refractivity contribution in [2.24, 2.45) is 0 Å². The molecule has 0 amide bonds. The smallest absolute Gasteiger partial charge is 0.374 e. The molecule has 94 valence electrons. The lowest BCUT2D eigenvalue weighted by Crippen LogP contribution is -2.32. The normalized spacial score (nSPS) is 18.3. The summed E-state index contributed by atoms with van der Waals surface area (Å²) >= 11 is 0. The third-order valence-corrected chi connectivity index (χ3v) is 2.88. The van der Waals surface area contributed by atoms with Crippen molar-refractivity contribution in [1.82, 2.24) is 0 Å². The van der Waals surface area contributed by atoms with Gasteiger partial charge in [0.25, 0.3) is 0 Å². The Kier molecular flexibility index (Phi) is 2.29. The molecule has 1 atom stereocenters. The van der Waals surface area contributed by atoms with Gasteiger partial charge < -0.3 is 23.6 Å². The average Bonchev–Trinajstić information content (AvgIpc) is 2.97. The first-order valence-electron chi connectivity index (χ1n) is 5.43. The predicted molar refractivity (Wildman–Crippen MR) is 61.0 cm³/mol. The Morgan fingerprint density at radius 2 is 2.33 bits per heavy atom. The number of hydrogen-bond acceptors (Lipinski definition) is 5. The fraction of sp³-hybridized carbons (Fsp3) is 0.250. The quantitative estimate of drug-likeness (QED) is 0.878. The molecule has 1 aliphatic heterocycles. The van der Waals surface area contributed by atoms with Crippen molar-refractivity contribution in [3.05, 3.63) is 36.2 Å². The fourth-order valence-corrected chi connectivity index (χ4v) is 2.09. The van der Waals surface area contributed by atoms with E-state index in [2.05, 4.69) is 0 Å². The van der Waals surface area contributed by atoms with E-state index in [0.29, 0.717) is 23.7 Å². The number of hydrogen-bond donors (Lipinski definition) is 1. The van der Waals surface area contributed by atoms with Crippen molar-refractivity contribution in [1.29, 1.82) is 0 Å². The summed E-state index contributed by atoms with van der Waals surface area (Å²) in [4.78, 5) is 12.8. The van der Waals surface area contributed by atoms with Gasteiger partial charge in [-0.2, -0.15) is 0 Å². The molecule has 0 fully saturated rings. The fourth-order valence-electron chi connectivity index (χ4n) is 2.09. The van der Waals surface area contributed by atoms with E-state index in [4.69, 9.17) is 18.7 Å². The van der Waals surface area contributed by atoms with Gasteiger partial charge in [0, 0.05) is 7.05 Å². The largest absolute Gasteiger partial charge is 0.475 e. The third-order valence-electron chi connectivity index (χ3n) is 2.88. The van der Waals surface area contributed by atoms with Crippen LogP contribution in [0.25, 0.3) is 0 Å². The van der Waals surface area contributed by atoms with Crippen LogP contribution in [-0.4, -0.2) is 24.7 Å². The van der Waals surface area contributed by atoms with Crippen molar-refractivity contribution in [3.63, 3.8) is 0 Å². The van der Waals surface area contributed by atoms with Crippen LogP contribution < -0.4 is 9.64 Å². The highest BCUT2D eigenvalue weighted by atomic mass is 16.5. The zero-order valence-electron chi connectivity index (χ0n) is 9.62. The molecule has 0 saturated carbocycles. The maximum atomic E-state index is 11.0. The zero-order chi connectivity index (χ0) is 12.7. The van der Waals surface area contributed by atoms with Gasteiger partial charge in [0.05, 0.1) is 12.8 Å². The number of ether oxygens (including phenoxy) is 1. The van der Waals surface area contributed by atoms with Crippen LogP contribution in [0.15, 0.2) is 33.5 Å². The molecule has 0 saturated heterocycles. The van der Waals surface area contributed by atoms with Gasteiger partial charge in [-0.3, -0.25) is 0 Å². The highest BCUT2D eigenvalue weighted by Crippen LogP contribution is 2.41. The minimum Gasteiger partial charge on any atom is -0.475 e. The van der Waals surface area contributed by atoms with Crippen molar-refractivity contribution >= 4 is 11.7 Å². The molecule has 2 aromatic heterocycles. The van der Waals surface area contributed by atoms with Gasteiger partial charge in [0.15, 0.2) is 11.9 Å². The summed E-state index contributed by atoms with van der Waals surface area (Å²) in [6.45, 7) is 0.500. The number of furan rings is 2. The minimum atomic E-state index is -1.11. The molecule has 2 aromatic rings. The van der Waals surface area contributed by atoms with E-state index in [1.54, 1.807) is 24.3 Å². The van der Waals surface area contributed by atoms with Crippen LogP contribution in [0.2, 0.25) is 0 Å². The summed E-state index contributed by atoms with van der Waals surface area (Å²) in [6.07, 6.45) is 2.62. The first-order chi connectivity index (χ1) is 8.66. The molecular formula is C12H11NO5. The lowest BCUT2D eigenvalue weighted by atomic mass is 10.2. The summed E-state index contributed by atoms with van der Waals surface area (Å²) < 4.78 is 16.0. The van der Waals surface area contributed by atoms with E-state index < -0.39 is 5.97 Å². The van der Waals surface area contributed by atoms with Crippen LogP contribution in [0.5, 0.6) is 5.75 Å². The molecule has 0 aromatic carbocycles. The van der Waals surface area contributed by atoms with Crippen LogP contribution >= 0.6 is 0 Å². The summed E-state index contributed by atoms with van der Waals surface area (Å²) in [7, 11) is 1.79. The second-order valence-corrected chi connectivity index (χ2v) is 4.09. The zero-order valence-corrected chi connectivity index (χ0v) is 9.62. The van der Waals surface area contributed by atoms with Gasteiger partial charge >= 0.3 is 5.97 Å². The Morgan fingerprint density at radius 3 is 3.00 bits per heavy atom. The molecule has 1 N–H and O–H groups in total. The molecule has 18 heavy (non-hydrogen) atoms. The first-order valence-corrected chi connectivity index (χ1v) is 5.43. The lowest BCUT2D eigenvalue weighted by Gasteiger charge is -2.30. The maximum Gasteiger partial charge on any atom is 0.374 e. The Balaban J connectivity index is 1.97. The molecule has 6 nitrogen and oxygen atoms in total. The van der Waals surface area contributed by atoms with Gasteiger partial charge in [0.2, 0.25) is 5.76 Å². The summed E-state index contributed by atoms with van der Waals surface area (Å²) in [5.74, 6) is -0.0957. The predicted octanol–water partition coefficient (Wildman–Crippen LogP) is 2.14. The second kappa shape index (κ2) is 3.83. The summed E-state index contributed by atoms with van der Waals surface area (Å²) in [5.41, 5.74) is 0.463. The molecule has 0 bridgehead atoms. The maximum absolute atomic E-state index is 11.0. The molecule has 0 aliphatic carbocycles. The number of anilines is 1. The summed E-state index contributed by atoms with van der Waals surface area (Å²) in [6, 6.07) is 3.61. The second-order valence-electron chi connectivity index (χ2n) is 4.09. The van der Waals surface area contributed by atoms with E-state index in [-0.39, 0.29) is 11.9 Å². The molecule has 3 heterocycles. The SMILES string of the molecule is CN1CC(c2ccco2)Oc2coc(C(=O)O)c21. The van der Waals surface area contributed by atoms with E-state index in [1.807, 2.05) is 6.07 Å². The number of aromatic carboxylic acids is 1. The standard InChI is InChI=1S/C12H11NO5/c1-13-5-8(7-3-2-4-16-7)18-9-6-17-11(10(9)13)12(14)15/h2-4,6,8H,5H2,1H3,(H,14,15). The van der Waals surface area contributed by atoms with E-state index in [1.165, 1.54) is 6.26 Å². The molecule has 1 unspecified atom stereocenters. The number of rotatable bonds is 2. The van der Waals surface area contributed by atoms with Crippen LogP contribution in [0, 0.1) is 0 Å². The Hall–Kier alpha value is -2.37. The number of nitrogens with zero attached hydrogens (tertiary/aromatic N) is 1. The number of carbonyl (C=O) groups is 1. The minimum absolute atomic E-state index is 0.106. The van der Waals surface area contributed by atoms with Gasteiger partial charge in [0.1, 0.15) is 17.7 Å². The van der Waals surface area contributed by atoms with Gasteiger partial charge in [-0.15, -0.1) is 0 Å². The van der Waals surface area contributed by atoms with Crippen LogP contribution in [0.1, 0.15) is 22.4 Å². The molecule has 0 spiro atoms. The number of carboxylic acids is 1. The van der Waals surface area contributed by atoms with Crippen LogP contribution in [0.4, 0.5) is 5.69 Å². The Labute approximate surface area is 102 Å². The number of carboxylic acid groups (broad SMARTS) is 1. The van der Waals surface area contributed by atoms with E-state index in [9.17, 15) is 4.79 Å². The lowest BCUT2D eigenvalue weighted by molar-refractivity contribution is 0.0663. The third kappa shape index (κ3) is 1.54. The van der Waals surface area contributed by atoms with Gasteiger partial charge in [-0.05, 0) is 12.1 Å². The van der Waals surface area contributed by atoms with Gasteiger partial charge in [-0.1, -0.05) is 0 Å². The summed E-state index contributed by atoms with van der Waals surface area (Å²) in [5, 5.41) is 9.00. The van der Waals surface area contributed by atoms with Gasteiger partial charge in [-0.25, -0.2) is 4.79 Å². The number of fused-ring (bicyclic) bond motifs is 1. The average molecular weight is 249 g/mol. The van der Waals surface area contributed by atoms with Crippen molar-refractivity contribution in [2.75, 3.05) is 18.5 Å². The Morgan fingerprint density at radius 1 is 1.50 bits per heavy atom. The van der Waals surface area contributed by atoms with Crippen molar-refractivity contribution in [2.45, 2.75) is 6.10 Å². The highest BCUT2D eigenvalue weighted by molar-refractivity contribution is 5.93. The Bertz CT molecular complexity index is 571. The molecular weight excluding hydrogens is 238 g/mol. The topological polar surface area (TPSA) is 76.0 Å². The monoisotopic (exact) mass is 249 g/mol. The number of likely N-dealkylation sites (N-methyl/N-ethyl adjacent to an activating group) is 1. The van der Waals surface area contributed by atoms with E-state index >= 15 is 0 Å². The molecule has 1 aliphatic rings. The first kappa shape index (κ1) is 10.8. The van der Waals surface area contributed by atoms with Crippen molar-refractivity contribution < 1.29 is 23.5 Å². The van der Waals surface area contributed by atoms with Crippen LogP contribution in [-0.2, 0) is 0 Å². The molecule has 3 rings (SSSR count). The van der Waals surface area contributed by atoms with Crippen molar-refractivity contribution in [3.8, 4) is 5.75 Å². The van der Waals surface area contributed by atoms with E-state index in [0.717, 1.165) is 0 Å². The van der Waals surface area contributed by atoms with Crippen LogP contribution in [0.3, 0.4) is 0 Å².